The van der Waals surface area contributed by atoms with Gasteiger partial charge in [-0.3, -0.25) is 9.48 Å². The predicted octanol–water partition coefficient (Wildman–Crippen LogP) is 2.75. The van der Waals surface area contributed by atoms with Crippen LogP contribution in [-0.4, -0.2) is 81.6 Å². The van der Waals surface area contributed by atoms with Gasteiger partial charge in [-0.1, -0.05) is 0 Å². The summed E-state index contributed by atoms with van der Waals surface area (Å²) in [4.78, 5) is 19.5. The fraction of sp³-hybridized carbons (Fsp3) is 0.385. The Balaban J connectivity index is 1.46. The van der Waals surface area contributed by atoms with Gasteiger partial charge >= 0.3 is 0 Å². The highest BCUT2D eigenvalue weighted by Gasteiger charge is 2.27. The molecule has 1 amide bonds. The molecule has 1 atom stereocenters. The van der Waals surface area contributed by atoms with Crippen LogP contribution >= 0.6 is 0 Å². The summed E-state index contributed by atoms with van der Waals surface area (Å²) >= 11 is 0. The molecule has 37 heavy (non-hydrogen) atoms. The van der Waals surface area contributed by atoms with E-state index in [4.69, 9.17) is 9.72 Å². The number of nitrogens with zero attached hydrogens (tertiary/aromatic N) is 6. The molecule has 0 spiro atoms. The van der Waals surface area contributed by atoms with Gasteiger partial charge in [0, 0.05) is 67.0 Å². The Hall–Kier alpha value is -3.83. The van der Waals surface area contributed by atoms with Gasteiger partial charge in [0.25, 0.3) is 5.91 Å². The van der Waals surface area contributed by atoms with E-state index in [9.17, 15) is 4.79 Å². The second kappa shape index (κ2) is 9.24. The first kappa shape index (κ1) is 23.6. The number of nitrogens with one attached hydrogen (secondary N) is 2. The van der Waals surface area contributed by atoms with Crippen molar-refractivity contribution in [3.63, 3.8) is 0 Å². The quantitative estimate of drug-likeness (QED) is 0.416. The fourth-order valence-corrected chi connectivity index (χ4v) is 5.02. The van der Waals surface area contributed by atoms with Gasteiger partial charge in [-0.2, -0.15) is 10.2 Å². The van der Waals surface area contributed by atoms with E-state index < -0.39 is 5.82 Å². The highest BCUT2D eigenvalue weighted by Crippen LogP contribution is 2.34. The molecule has 0 aliphatic carbocycles. The maximum Gasteiger partial charge on any atom is 0.251 e. The average molecular weight is 505 g/mol. The molecule has 6 rings (SSSR count). The molecule has 0 saturated carbocycles. The van der Waals surface area contributed by atoms with Crippen LogP contribution in [0, 0.1) is 12.7 Å². The minimum atomic E-state index is -0.404. The zero-order valence-electron chi connectivity index (χ0n) is 21.0. The summed E-state index contributed by atoms with van der Waals surface area (Å²) in [5, 5.41) is 15.2. The lowest BCUT2D eigenvalue weighted by atomic mass is 10.0. The van der Waals surface area contributed by atoms with E-state index in [-0.39, 0.29) is 17.5 Å². The van der Waals surface area contributed by atoms with Crippen LogP contribution in [0.1, 0.15) is 28.4 Å². The first-order chi connectivity index (χ1) is 17.9. The predicted molar refractivity (Wildman–Crippen MR) is 137 cm³/mol. The Morgan fingerprint density at radius 1 is 1.14 bits per heavy atom. The van der Waals surface area contributed by atoms with Crippen molar-refractivity contribution >= 4 is 17.4 Å². The van der Waals surface area contributed by atoms with Crippen molar-refractivity contribution in [3.05, 3.63) is 53.9 Å². The highest BCUT2D eigenvalue weighted by molar-refractivity contribution is 5.96. The van der Waals surface area contributed by atoms with Crippen LogP contribution in [0.4, 0.5) is 10.2 Å². The summed E-state index contributed by atoms with van der Waals surface area (Å²) in [7, 11) is 3.64. The standard InChI is InChI=1S/C26H29FN8O2/c1-15-6-16(26(36)28-2)7-20(23(15)27)21-9-30-35-13-22(17-8-29-34(10-17)19-11-33(3)12-19)24(32-25(21)35)31-18-4-5-37-14-18/h6-10,13,18-19H,4-5,11-12,14H2,1-3H3,(H,28,36)(H,31,32)/t18-/m0/s1. The smallest absolute Gasteiger partial charge is 0.251 e. The molecule has 1 aromatic carbocycles. The zero-order valence-corrected chi connectivity index (χ0v) is 21.0. The number of carbonyl (C=O) groups is 1. The van der Waals surface area contributed by atoms with Crippen molar-refractivity contribution in [2.24, 2.45) is 0 Å². The molecule has 2 saturated heterocycles. The first-order valence-electron chi connectivity index (χ1n) is 12.4. The number of anilines is 1. The molecule has 2 N–H and O–H groups in total. The van der Waals surface area contributed by atoms with Crippen LogP contribution in [0.2, 0.25) is 0 Å². The van der Waals surface area contributed by atoms with E-state index in [1.807, 2.05) is 23.3 Å². The molecule has 2 fully saturated rings. The molecular formula is C26H29FN8O2. The van der Waals surface area contributed by atoms with Crippen molar-refractivity contribution in [1.82, 2.24) is 34.6 Å². The number of aromatic nitrogens is 5. The number of amides is 1. The summed E-state index contributed by atoms with van der Waals surface area (Å²) in [6.45, 7) is 4.86. The number of ether oxygens (including phenoxy) is 1. The van der Waals surface area contributed by atoms with E-state index in [0.29, 0.717) is 47.4 Å². The number of halogens is 1. The molecular weight excluding hydrogens is 475 g/mol. The Kier molecular flexibility index (Phi) is 5.88. The van der Waals surface area contributed by atoms with Crippen LogP contribution in [0.15, 0.2) is 36.9 Å². The largest absolute Gasteiger partial charge is 0.379 e. The number of benzene rings is 1. The van der Waals surface area contributed by atoms with Crippen LogP contribution in [0.3, 0.4) is 0 Å². The Labute approximate surface area is 213 Å². The fourth-order valence-electron chi connectivity index (χ4n) is 5.02. The number of likely N-dealkylation sites (tertiary alicyclic amines) is 1. The third-order valence-corrected chi connectivity index (χ3v) is 7.13. The van der Waals surface area contributed by atoms with E-state index >= 15 is 4.39 Å². The third kappa shape index (κ3) is 4.23. The molecule has 192 valence electrons. The highest BCUT2D eigenvalue weighted by atomic mass is 19.1. The molecule has 0 bridgehead atoms. The second-order valence-corrected chi connectivity index (χ2v) is 9.85. The minimum absolute atomic E-state index is 0.117. The van der Waals surface area contributed by atoms with Gasteiger partial charge < -0.3 is 20.3 Å². The maximum absolute atomic E-state index is 15.3. The molecule has 5 heterocycles. The number of fused-ring (bicyclic) bond motifs is 1. The Bertz CT molecular complexity index is 1480. The van der Waals surface area contributed by atoms with E-state index in [2.05, 4.69) is 32.8 Å². The lowest BCUT2D eigenvalue weighted by molar-refractivity contribution is 0.0963. The first-order valence-corrected chi connectivity index (χ1v) is 12.4. The molecule has 11 heteroatoms. The molecule has 0 radical (unpaired) electrons. The van der Waals surface area contributed by atoms with E-state index in [1.54, 1.807) is 36.8 Å². The topological polar surface area (TPSA) is 102 Å². The zero-order chi connectivity index (χ0) is 25.7. The van der Waals surface area contributed by atoms with Crippen LogP contribution < -0.4 is 10.6 Å². The van der Waals surface area contributed by atoms with Gasteiger partial charge in [0.1, 0.15) is 11.6 Å². The number of carbonyl (C=O) groups excluding carboxylic acids is 1. The van der Waals surface area contributed by atoms with Crippen molar-refractivity contribution in [3.8, 4) is 22.3 Å². The number of rotatable bonds is 6. The number of aryl methyl sites for hydroxylation is 1. The Morgan fingerprint density at radius 2 is 1.97 bits per heavy atom. The van der Waals surface area contributed by atoms with Crippen LogP contribution in [-0.2, 0) is 4.74 Å². The summed E-state index contributed by atoms with van der Waals surface area (Å²) in [6, 6.07) is 3.56. The van der Waals surface area contributed by atoms with E-state index in [1.165, 1.54) is 0 Å². The molecule has 4 aromatic rings. The number of hydrogen-bond donors (Lipinski definition) is 2. The lowest BCUT2D eigenvalue weighted by Gasteiger charge is -2.36. The third-order valence-electron chi connectivity index (χ3n) is 7.13. The molecule has 0 unspecified atom stereocenters. The van der Waals surface area contributed by atoms with Gasteiger partial charge in [-0.15, -0.1) is 0 Å². The SMILES string of the molecule is CNC(=O)c1cc(C)c(F)c(-c2cnn3cc(-c4cnn(C5CN(C)C5)c4)c(N[C@H]4CCOC4)nc23)c1. The summed E-state index contributed by atoms with van der Waals surface area (Å²) in [6.07, 6.45) is 8.24. The molecule has 10 nitrogen and oxygen atoms in total. The van der Waals surface area contributed by atoms with Gasteiger partial charge in [-0.05, 0) is 38.1 Å². The molecule has 2 aliphatic heterocycles. The van der Waals surface area contributed by atoms with Crippen molar-refractivity contribution in [1.29, 1.82) is 0 Å². The normalized spacial score (nSPS) is 18.3. The Morgan fingerprint density at radius 3 is 2.70 bits per heavy atom. The van der Waals surface area contributed by atoms with E-state index in [0.717, 1.165) is 30.6 Å². The second-order valence-electron chi connectivity index (χ2n) is 9.85. The van der Waals surface area contributed by atoms with Gasteiger partial charge in [0.15, 0.2) is 5.65 Å². The average Bonchev–Trinajstić information content (AvgIpc) is 3.64. The minimum Gasteiger partial charge on any atom is -0.379 e. The van der Waals surface area contributed by atoms with Crippen molar-refractivity contribution in [2.75, 3.05) is 45.7 Å². The van der Waals surface area contributed by atoms with Gasteiger partial charge in [0.05, 0.1) is 31.1 Å². The number of hydrogen-bond acceptors (Lipinski definition) is 7. The van der Waals surface area contributed by atoms with Crippen LogP contribution in [0.5, 0.6) is 0 Å². The summed E-state index contributed by atoms with van der Waals surface area (Å²) < 4.78 is 24.5. The summed E-state index contributed by atoms with van der Waals surface area (Å²) in [5.74, 6) is -0.0252. The molecule has 3 aromatic heterocycles. The number of likely N-dealkylation sites (N-methyl/N-ethyl adjacent to an activating group) is 1. The lowest BCUT2D eigenvalue weighted by Crippen LogP contribution is -2.45. The van der Waals surface area contributed by atoms with Gasteiger partial charge in [-0.25, -0.2) is 13.9 Å². The summed E-state index contributed by atoms with van der Waals surface area (Å²) in [5.41, 5.74) is 3.81. The molecule has 2 aliphatic rings. The van der Waals surface area contributed by atoms with Crippen molar-refractivity contribution in [2.45, 2.75) is 25.4 Å². The van der Waals surface area contributed by atoms with Crippen LogP contribution in [0.25, 0.3) is 27.9 Å². The van der Waals surface area contributed by atoms with Gasteiger partial charge in [0.2, 0.25) is 0 Å². The van der Waals surface area contributed by atoms with Crippen molar-refractivity contribution < 1.29 is 13.9 Å². The maximum atomic E-state index is 15.3. The monoisotopic (exact) mass is 504 g/mol.